The molecule has 4 aromatic rings. The summed E-state index contributed by atoms with van der Waals surface area (Å²) < 4.78 is 0. The zero-order chi connectivity index (χ0) is 21.0. The van der Waals surface area contributed by atoms with Gasteiger partial charge in [0.05, 0.1) is 12.1 Å². The number of para-hydroxylation sites is 1. The van der Waals surface area contributed by atoms with Gasteiger partial charge in [-0.1, -0.05) is 24.3 Å². The summed E-state index contributed by atoms with van der Waals surface area (Å²) in [5.74, 6) is 1.54. The van der Waals surface area contributed by atoms with Crippen LogP contribution < -0.4 is 15.5 Å². The second-order valence-electron chi connectivity index (χ2n) is 7.44. The standard InChI is InChI=1S/C24H22N6O/c31-22-16-30(14-13-26-22)19-7-5-17(6-8-19)15-27-24-20-3-1-2-4-21(20)28-23(29-24)18-9-11-25-12-10-18/h1-12H,13-16H2,(H,26,31)(H,27,28,29). The number of pyridine rings is 1. The SMILES string of the molecule is O=C1CN(c2ccc(CNc3nc(-c4ccncc4)nc4ccccc34)cc2)CCN1. The molecule has 7 nitrogen and oxygen atoms in total. The summed E-state index contributed by atoms with van der Waals surface area (Å²) in [5, 5.41) is 7.31. The Labute approximate surface area is 180 Å². The summed E-state index contributed by atoms with van der Waals surface area (Å²) in [5.41, 5.74) is 4.02. The molecule has 31 heavy (non-hydrogen) atoms. The summed E-state index contributed by atoms with van der Waals surface area (Å²) in [6.45, 7) is 2.55. The number of hydrogen-bond donors (Lipinski definition) is 2. The summed E-state index contributed by atoms with van der Waals surface area (Å²) in [6, 6.07) is 20.1. The smallest absolute Gasteiger partial charge is 0.239 e. The van der Waals surface area contributed by atoms with Gasteiger partial charge in [0, 0.05) is 48.7 Å². The number of amides is 1. The number of aromatic nitrogens is 3. The molecule has 0 atom stereocenters. The van der Waals surface area contributed by atoms with Gasteiger partial charge in [0.1, 0.15) is 5.82 Å². The molecule has 2 aromatic carbocycles. The molecule has 1 fully saturated rings. The van der Waals surface area contributed by atoms with E-state index in [4.69, 9.17) is 9.97 Å². The van der Waals surface area contributed by atoms with Crippen molar-refractivity contribution in [3.8, 4) is 11.4 Å². The van der Waals surface area contributed by atoms with Gasteiger partial charge in [0.2, 0.25) is 5.91 Å². The monoisotopic (exact) mass is 410 g/mol. The number of nitrogens with one attached hydrogen (secondary N) is 2. The van der Waals surface area contributed by atoms with Crippen LogP contribution in [0, 0.1) is 0 Å². The quantitative estimate of drug-likeness (QED) is 0.526. The Morgan fingerprint density at radius 2 is 1.77 bits per heavy atom. The number of carbonyl (C=O) groups excluding carboxylic acids is 1. The molecular formula is C24H22N6O. The number of nitrogens with zero attached hydrogens (tertiary/aromatic N) is 4. The van der Waals surface area contributed by atoms with Crippen molar-refractivity contribution >= 4 is 28.3 Å². The van der Waals surface area contributed by atoms with Gasteiger partial charge >= 0.3 is 0 Å². The molecule has 2 aromatic heterocycles. The topological polar surface area (TPSA) is 83.0 Å². The number of hydrogen-bond acceptors (Lipinski definition) is 6. The maximum atomic E-state index is 11.6. The minimum Gasteiger partial charge on any atom is -0.365 e. The third-order valence-corrected chi connectivity index (χ3v) is 5.34. The van der Waals surface area contributed by atoms with Gasteiger partial charge in [-0.15, -0.1) is 0 Å². The predicted octanol–water partition coefficient (Wildman–Crippen LogP) is 3.24. The number of anilines is 2. The van der Waals surface area contributed by atoms with Crippen LogP contribution in [0.3, 0.4) is 0 Å². The molecule has 7 heteroatoms. The van der Waals surface area contributed by atoms with E-state index in [1.807, 2.05) is 36.4 Å². The maximum Gasteiger partial charge on any atom is 0.239 e. The summed E-state index contributed by atoms with van der Waals surface area (Å²) >= 11 is 0. The predicted molar refractivity (Wildman–Crippen MR) is 122 cm³/mol. The maximum absolute atomic E-state index is 11.6. The van der Waals surface area contributed by atoms with Gasteiger partial charge in [-0.2, -0.15) is 0 Å². The Morgan fingerprint density at radius 1 is 0.968 bits per heavy atom. The fourth-order valence-electron chi connectivity index (χ4n) is 3.71. The van der Waals surface area contributed by atoms with Gasteiger partial charge in [-0.05, 0) is 42.0 Å². The van der Waals surface area contributed by atoms with Gasteiger partial charge in [-0.25, -0.2) is 9.97 Å². The molecule has 0 unspecified atom stereocenters. The highest BCUT2D eigenvalue weighted by molar-refractivity contribution is 5.90. The van der Waals surface area contributed by atoms with E-state index in [-0.39, 0.29) is 5.91 Å². The van der Waals surface area contributed by atoms with Crippen LogP contribution in [0.4, 0.5) is 11.5 Å². The first-order chi connectivity index (χ1) is 15.3. The lowest BCUT2D eigenvalue weighted by atomic mass is 10.1. The molecule has 2 N–H and O–H groups in total. The van der Waals surface area contributed by atoms with Gasteiger partial charge in [-0.3, -0.25) is 9.78 Å². The van der Waals surface area contributed by atoms with Crippen LogP contribution >= 0.6 is 0 Å². The Morgan fingerprint density at radius 3 is 2.58 bits per heavy atom. The summed E-state index contributed by atoms with van der Waals surface area (Å²) in [7, 11) is 0. The molecule has 5 rings (SSSR count). The average Bonchev–Trinajstić information content (AvgIpc) is 2.83. The van der Waals surface area contributed by atoms with Crippen LogP contribution in [-0.4, -0.2) is 40.5 Å². The molecule has 154 valence electrons. The molecule has 0 saturated carbocycles. The molecule has 3 heterocycles. The van der Waals surface area contributed by atoms with Gasteiger partial charge in [0.15, 0.2) is 5.82 Å². The van der Waals surface area contributed by atoms with Crippen LogP contribution in [0.25, 0.3) is 22.3 Å². The first-order valence-electron chi connectivity index (χ1n) is 10.3. The first-order valence-corrected chi connectivity index (χ1v) is 10.3. The Kier molecular flexibility index (Phi) is 5.14. The highest BCUT2D eigenvalue weighted by Gasteiger charge is 2.16. The van der Waals surface area contributed by atoms with E-state index in [1.54, 1.807) is 12.4 Å². The number of carbonyl (C=O) groups is 1. The van der Waals surface area contributed by atoms with E-state index in [0.717, 1.165) is 40.1 Å². The summed E-state index contributed by atoms with van der Waals surface area (Å²) in [4.78, 5) is 27.3. The van der Waals surface area contributed by atoms with E-state index in [2.05, 4.69) is 44.8 Å². The van der Waals surface area contributed by atoms with Crippen molar-refractivity contribution in [2.75, 3.05) is 29.9 Å². The van der Waals surface area contributed by atoms with Crippen molar-refractivity contribution in [3.05, 3.63) is 78.6 Å². The third-order valence-electron chi connectivity index (χ3n) is 5.34. The second-order valence-corrected chi connectivity index (χ2v) is 7.44. The minimum atomic E-state index is 0.0673. The fourth-order valence-corrected chi connectivity index (χ4v) is 3.71. The fraction of sp³-hybridized carbons (Fsp3) is 0.167. The van der Waals surface area contributed by atoms with Crippen LogP contribution in [0.15, 0.2) is 73.1 Å². The van der Waals surface area contributed by atoms with E-state index in [9.17, 15) is 4.79 Å². The molecule has 0 bridgehead atoms. The molecule has 1 amide bonds. The van der Waals surface area contributed by atoms with Crippen molar-refractivity contribution in [2.45, 2.75) is 6.54 Å². The largest absolute Gasteiger partial charge is 0.365 e. The molecule has 0 aliphatic carbocycles. The normalized spacial score (nSPS) is 13.8. The second kappa shape index (κ2) is 8.39. The zero-order valence-electron chi connectivity index (χ0n) is 17.0. The van der Waals surface area contributed by atoms with Crippen LogP contribution in [0.1, 0.15) is 5.56 Å². The van der Waals surface area contributed by atoms with Crippen LogP contribution in [-0.2, 0) is 11.3 Å². The lowest BCUT2D eigenvalue weighted by Crippen LogP contribution is -2.47. The number of piperazine rings is 1. The Hall–Kier alpha value is -4.00. The van der Waals surface area contributed by atoms with E-state index in [0.29, 0.717) is 25.5 Å². The van der Waals surface area contributed by atoms with E-state index < -0.39 is 0 Å². The average molecular weight is 410 g/mol. The lowest BCUT2D eigenvalue weighted by molar-refractivity contribution is -0.120. The highest BCUT2D eigenvalue weighted by Crippen LogP contribution is 2.25. The van der Waals surface area contributed by atoms with E-state index >= 15 is 0 Å². The summed E-state index contributed by atoms with van der Waals surface area (Å²) in [6.07, 6.45) is 3.49. The Bertz CT molecular complexity index is 1210. The van der Waals surface area contributed by atoms with E-state index in [1.165, 1.54) is 0 Å². The van der Waals surface area contributed by atoms with Crippen molar-refractivity contribution in [2.24, 2.45) is 0 Å². The van der Waals surface area contributed by atoms with Crippen LogP contribution in [0.5, 0.6) is 0 Å². The minimum absolute atomic E-state index is 0.0673. The van der Waals surface area contributed by atoms with Crippen molar-refractivity contribution in [3.63, 3.8) is 0 Å². The first kappa shape index (κ1) is 19.0. The zero-order valence-corrected chi connectivity index (χ0v) is 17.0. The molecule has 1 aliphatic rings. The number of benzene rings is 2. The third kappa shape index (κ3) is 4.16. The van der Waals surface area contributed by atoms with Crippen molar-refractivity contribution in [1.29, 1.82) is 0 Å². The van der Waals surface area contributed by atoms with Crippen molar-refractivity contribution in [1.82, 2.24) is 20.3 Å². The molecule has 1 aliphatic heterocycles. The molecule has 0 spiro atoms. The highest BCUT2D eigenvalue weighted by atomic mass is 16.2. The lowest BCUT2D eigenvalue weighted by Gasteiger charge is -2.28. The molecule has 1 saturated heterocycles. The molecule has 0 radical (unpaired) electrons. The number of rotatable bonds is 5. The number of fused-ring (bicyclic) bond motifs is 1. The van der Waals surface area contributed by atoms with Gasteiger partial charge in [0.25, 0.3) is 0 Å². The van der Waals surface area contributed by atoms with Crippen LogP contribution in [0.2, 0.25) is 0 Å². The molecular weight excluding hydrogens is 388 g/mol. The van der Waals surface area contributed by atoms with Gasteiger partial charge < -0.3 is 15.5 Å². The van der Waals surface area contributed by atoms with Crippen molar-refractivity contribution < 1.29 is 4.79 Å². The Balaban J connectivity index is 1.37.